The molecule has 0 aliphatic carbocycles. The molecule has 106 valence electrons. The van der Waals surface area contributed by atoms with Crippen molar-refractivity contribution in [1.29, 1.82) is 0 Å². The molecule has 0 amide bonds. The molecule has 1 aliphatic rings. The molecule has 0 aromatic heterocycles. The topological polar surface area (TPSA) is 44.3 Å². The van der Waals surface area contributed by atoms with Gasteiger partial charge in [0.15, 0.2) is 0 Å². The summed E-state index contributed by atoms with van der Waals surface area (Å²) in [5, 5.41) is 16.6. The first kappa shape index (κ1) is 14.5. The van der Waals surface area contributed by atoms with Crippen LogP contribution in [0.15, 0.2) is 30.3 Å². The van der Waals surface area contributed by atoms with Gasteiger partial charge in [0.1, 0.15) is 0 Å². The number of aliphatic hydroxyl groups excluding tert-OH is 1. The molecule has 3 atom stereocenters. The summed E-state index contributed by atoms with van der Waals surface area (Å²) in [6, 6.07) is 11.6. The second-order valence-electron chi connectivity index (χ2n) is 5.67. The third-order valence-corrected chi connectivity index (χ3v) is 3.87. The number of nitrogens with one attached hydrogen (secondary N) is 2. The molecule has 0 bridgehead atoms. The zero-order valence-corrected chi connectivity index (χ0v) is 11.8. The molecule has 19 heavy (non-hydrogen) atoms. The van der Waals surface area contributed by atoms with Crippen LogP contribution in [0.2, 0.25) is 0 Å². The van der Waals surface area contributed by atoms with E-state index in [1.165, 1.54) is 18.4 Å². The molecular formula is C16H26N2O. The van der Waals surface area contributed by atoms with Crippen LogP contribution in [-0.2, 0) is 6.42 Å². The summed E-state index contributed by atoms with van der Waals surface area (Å²) in [4.78, 5) is 0. The van der Waals surface area contributed by atoms with E-state index in [0.29, 0.717) is 12.1 Å². The average Bonchev–Trinajstić information content (AvgIpc) is 2.92. The van der Waals surface area contributed by atoms with Crippen molar-refractivity contribution < 1.29 is 5.11 Å². The molecule has 3 heteroatoms. The predicted molar refractivity (Wildman–Crippen MR) is 79.3 cm³/mol. The van der Waals surface area contributed by atoms with Gasteiger partial charge in [0.25, 0.3) is 0 Å². The van der Waals surface area contributed by atoms with Gasteiger partial charge < -0.3 is 15.7 Å². The van der Waals surface area contributed by atoms with Crippen LogP contribution in [0.5, 0.6) is 0 Å². The van der Waals surface area contributed by atoms with Crippen molar-refractivity contribution in [3.8, 4) is 0 Å². The quantitative estimate of drug-likeness (QED) is 0.701. The predicted octanol–water partition coefficient (Wildman–Crippen LogP) is 1.71. The second kappa shape index (κ2) is 7.63. The molecule has 3 unspecified atom stereocenters. The summed E-state index contributed by atoms with van der Waals surface area (Å²) in [6.45, 7) is 3.57. The van der Waals surface area contributed by atoms with Gasteiger partial charge in [-0.15, -0.1) is 0 Å². The Kier molecular flexibility index (Phi) is 5.83. The maximum Gasteiger partial charge on any atom is 0.0587 e. The van der Waals surface area contributed by atoms with Crippen molar-refractivity contribution in [1.82, 2.24) is 10.6 Å². The fraction of sp³-hybridized carbons (Fsp3) is 0.625. The minimum absolute atomic E-state index is 0.152. The maximum atomic E-state index is 9.52. The highest BCUT2D eigenvalue weighted by Gasteiger charge is 2.19. The van der Waals surface area contributed by atoms with Gasteiger partial charge in [-0.1, -0.05) is 30.3 Å². The minimum Gasteiger partial charge on any atom is -0.395 e. The summed E-state index contributed by atoms with van der Waals surface area (Å²) in [5.41, 5.74) is 1.28. The lowest BCUT2D eigenvalue weighted by molar-refractivity contribution is 0.227. The number of benzene rings is 1. The van der Waals surface area contributed by atoms with Gasteiger partial charge in [-0.2, -0.15) is 0 Å². The SMILES string of the molecule is CC(CC1CCCN1)NC(CO)Cc1ccccc1. The highest BCUT2D eigenvalue weighted by molar-refractivity contribution is 5.15. The third-order valence-electron chi connectivity index (χ3n) is 3.87. The lowest BCUT2D eigenvalue weighted by atomic mass is 10.0. The fourth-order valence-electron chi connectivity index (χ4n) is 2.93. The van der Waals surface area contributed by atoms with Crippen molar-refractivity contribution >= 4 is 0 Å². The molecule has 3 N–H and O–H groups in total. The monoisotopic (exact) mass is 262 g/mol. The molecule has 1 saturated heterocycles. The number of aliphatic hydroxyl groups is 1. The summed E-state index contributed by atoms with van der Waals surface area (Å²) in [5.74, 6) is 0. The number of rotatable bonds is 7. The van der Waals surface area contributed by atoms with E-state index in [1.807, 2.05) is 6.07 Å². The summed E-state index contributed by atoms with van der Waals surface area (Å²) in [6.07, 6.45) is 4.62. The Bertz CT molecular complexity index is 349. The van der Waals surface area contributed by atoms with Crippen LogP contribution in [0.25, 0.3) is 0 Å². The highest BCUT2D eigenvalue weighted by Crippen LogP contribution is 2.12. The zero-order valence-electron chi connectivity index (χ0n) is 11.8. The Morgan fingerprint density at radius 3 is 2.79 bits per heavy atom. The maximum absolute atomic E-state index is 9.52. The van der Waals surface area contributed by atoms with Gasteiger partial charge in [-0.3, -0.25) is 0 Å². The Hall–Kier alpha value is -0.900. The van der Waals surface area contributed by atoms with Crippen LogP contribution in [0.1, 0.15) is 31.7 Å². The lowest BCUT2D eigenvalue weighted by Gasteiger charge is -2.24. The zero-order chi connectivity index (χ0) is 13.5. The lowest BCUT2D eigenvalue weighted by Crippen LogP contribution is -2.43. The molecule has 1 aliphatic heterocycles. The van der Waals surface area contributed by atoms with E-state index in [-0.39, 0.29) is 12.6 Å². The Morgan fingerprint density at radius 1 is 1.37 bits per heavy atom. The molecule has 1 aromatic carbocycles. The fourth-order valence-corrected chi connectivity index (χ4v) is 2.93. The van der Waals surface area contributed by atoms with E-state index in [1.54, 1.807) is 0 Å². The van der Waals surface area contributed by atoms with E-state index in [0.717, 1.165) is 19.4 Å². The minimum atomic E-state index is 0.152. The van der Waals surface area contributed by atoms with Gasteiger partial charge in [0.05, 0.1) is 6.61 Å². The molecule has 1 heterocycles. The van der Waals surface area contributed by atoms with Crippen LogP contribution in [0.4, 0.5) is 0 Å². The van der Waals surface area contributed by atoms with Gasteiger partial charge in [0, 0.05) is 18.1 Å². The van der Waals surface area contributed by atoms with Crippen LogP contribution in [0, 0.1) is 0 Å². The van der Waals surface area contributed by atoms with Crippen molar-refractivity contribution in [2.45, 2.75) is 50.7 Å². The second-order valence-corrected chi connectivity index (χ2v) is 5.67. The van der Waals surface area contributed by atoms with Crippen molar-refractivity contribution in [3.05, 3.63) is 35.9 Å². The Balaban J connectivity index is 1.77. The highest BCUT2D eigenvalue weighted by atomic mass is 16.3. The molecule has 0 radical (unpaired) electrons. The van der Waals surface area contributed by atoms with Gasteiger partial charge in [0.2, 0.25) is 0 Å². The standard InChI is InChI=1S/C16H26N2O/c1-13(10-15-8-5-9-17-15)18-16(12-19)11-14-6-3-2-4-7-14/h2-4,6-7,13,15-19H,5,8-12H2,1H3. The van der Waals surface area contributed by atoms with Crippen molar-refractivity contribution in [3.63, 3.8) is 0 Å². The molecule has 3 nitrogen and oxygen atoms in total. The van der Waals surface area contributed by atoms with Crippen molar-refractivity contribution in [2.24, 2.45) is 0 Å². The van der Waals surface area contributed by atoms with Gasteiger partial charge in [-0.25, -0.2) is 0 Å². The van der Waals surface area contributed by atoms with Crippen LogP contribution in [0.3, 0.4) is 0 Å². The average molecular weight is 262 g/mol. The molecule has 2 rings (SSSR count). The van der Waals surface area contributed by atoms with Gasteiger partial charge in [-0.05, 0) is 44.7 Å². The van der Waals surface area contributed by atoms with E-state index in [9.17, 15) is 5.11 Å². The van der Waals surface area contributed by atoms with E-state index in [4.69, 9.17) is 0 Å². The third kappa shape index (κ3) is 4.94. The summed E-state index contributed by atoms with van der Waals surface area (Å²) in [7, 11) is 0. The van der Waals surface area contributed by atoms with Crippen molar-refractivity contribution in [2.75, 3.05) is 13.2 Å². The normalized spacial score (nSPS) is 22.3. The van der Waals surface area contributed by atoms with E-state index in [2.05, 4.69) is 41.8 Å². The van der Waals surface area contributed by atoms with Crippen LogP contribution < -0.4 is 10.6 Å². The van der Waals surface area contributed by atoms with E-state index >= 15 is 0 Å². The van der Waals surface area contributed by atoms with Crippen LogP contribution >= 0.6 is 0 Å². The largest absolute Gasteiger partial charge is 0.395 e. The smallest absolute Gasteiger partial charge is 0.0587 e. The molecule has 1 aromatic rings. The number of hydrogen-bond donors (Lipinski definition) is 3. The summed E-state index contributed by atoms with van der Waals surface area (Å²) >= 11 is 0. The first-order chi connectivity index (χ1) is 9.28. The first-order valence-electron chi connectivity index (χ1n) is 7.42. The summed E-state index contributed by atoms with van der Waals surface area (Å²) < 4.78 is 0. The van der Waals surface area contributed by atoms with Crippen LogP contribution in [-0.4, -0.2) is 36.4 Å². The Morgan fingerprint density at radius 2 is 2.16 bits per heavy atom. The van der Waals surface area contributed by atoms with Gasteiger partial charge >= 0.3 is 0 Å². The molecule has 0 spiro atoms. The van der Waals surface area contributed by atoms with E-state index < -0.39 is 0 Å². The molecular weight excluding hydrogens is 236 g/mol. The molecule has 1 fully saturated rings. The Labute approximate surface area is 116 Å². The first-order valence-corrected chi connectivity index (χ1v) is 7.42. The number of hydrogen-bond acceptors (Lipinski definition) is 3. The molecule has 0 saturated carbocycles.